The molecule has 4 aromatic rings. The lowest BCUT2D eigenvalue weighted by molar-refractivity contribution is -0.384. The van der Waals surface area contributed by atoms with Crippen LogP contribution in [-0.4, -0.2) is 20.4 Å². The Bertz CT molecular complexity index is 1490. The summed E-state index contributed by atoms with van der Waals surface area (Å²) >= 11 is 12.5. The molecule has 1 aromatic heterocycles. The molecule has 10 heteroatoms. The third kappa shape index (κ3) is 3.76. The van der Waals surface area contributed by atoms with Gasteiger partial charge in [0, 0.05) is 39.1 Å². The van der Waals surface area contributed by atoms with Gasteiger partial charge in [0.2, 0.25) is 5.95 Å². The first-order valence-corrected chi connectivity index (χ1v) is 11.0. The highest BCUT2D eigenvalue weighted by Gasteiger charge is 2.36. The summed E-state index contributed by atoms with van der Waals surface area (Å²) in [6, 6.07) is 17.7. The van der Waals surface area contributed by atoms with Crippen molar-refractivity contribution in [1.82, 2.24) is 9.55 Å². The number of carbonyl (C=O) groups excluding carboxylic acids is 1. The molecule has 2 heterocycles. The van der Waals surface area contributed by atoms with Gasteiger partial charge in [-0.05, 0) is 49.4 Å². The van der Waals surface area contributed by atoms with Gasteiger partial charge >= 0.3 is 0 Å². The van der Waals surface area contributed by atoms with Crippen molar-refractivity contribution in [2.75, 3.05) is 10.6 Å². The molecule has 0 bridgehead atoms. The van der Waals surface area contributed by atoms with Gasteiger partial charge in [-0.3, -0.25) is 19.5 Å². The number of nitrogens with one attached hydrogen (secondary N) is 2. The van der Waals surface area contributed by atoms with Gasteiger partial charge in [0.05, 0.1) is 27.6 Å². The van der Waals surface area contributed by atoms with Crippen molar-refractivity contribution >= 4 is 57.5 Å². The van der Waals surface area contributed by atoms with Crippen LogP contribution >= 0.6 is 23.2 Å². The Hall–Kier alpha value is -3.88. The van der Waals surface area contributed by atoms with Crippen LogP contribution in [0.3, 0.4) is 0 Å². The van der Waals surface area contributed by atoms with Crippen molar-refractivity contribution in [3.63, 3.8) is 0 Å². The van der Waals surface area contributed by atoms with E-state index in [1.807, 2.05) is 28.8 Å². The fourth-order valence-electron chi connectivity index (χ4n) is 4.14. The Labute approximate surface area is 204 Å². The fraction of sp³-hybridized carbons (Fsp3) is 0.0833. The van der Waals surface area contributed by atoms with E-state index in [9.17, 15) is 14.9 Å². The number of non-ortho nitro benzene ring substituents is 1. The van der Waals surface area contributed by atoms with E-state index in [0.29, 0.717) is 44.0 Å². The summed E-state index contributed by atoms with van der Waals surface area (Å²) in [5, 5.41) is 18.5. The minimum atomic E-state index is -0.761. The normalized spacial score (nSPS) is 15.1. The number of hydrogen-bond donors (Lipinski definition) is 2. The highest BCUT2D eigenvalue weighted by molar-refractivity contribution is 6.31. The zero-order valence-corrected chi connectivity index (χ0v) is 19.3. The molecule has 0 aliphatic carbocycles. The van der Waals surface area contributed by atoms with Gasteiger partial charge in [-0.15, -0.1) is 0 Å². The second-order valence-corrected chi connectivity index (χ2v) is 8.63. The van der Waals surface area contributed by atoms with Crippen LogP contribution in [-0.2, 0) is 4.79 Å². The van der Waals surface area contributed by atoms with E-state index >= 15 is 0 Å². The summed E-state index contributed by atoms with van der Waals surface area (Å²) in [5.74, 6) is 0.123. The molecule has 5 rings (SSSR count). The lowest BCUT2D eigenvalue weighted by Crippen LogP contribution is -2.31. The number of benzene rings is 3. The van der Waals surface area contributed by atoms with Crippen LogP contribution in [0.25, 0.3) is 11.0 Å². The molecule has 1 atom stereocenters. The number of para-hydroxylation sites is 2. The number of nitro groups is 1. The van der Waals surface area contributed by atoms with E-state index in [1.165, 1.54) is 18.2 Å². The number of fused-ring (bicyclic) bond motifs is 3. The van der Waals surface area contributed by atoms with E-state index in [0.717, 1.165) is 5.52 Å². The predicted octanol–water partition coefficient (Wildman–Crippen LogP) is 6.18. The first kappa shape index (κ1) is 21.9. The van der Waals surface area contributed by atoms with Gasteiger partial charge in [0.15, 0.2) is 0 Å². The number of hydrogen-bond acceptors (Lipinski definition) is 5. The molecule has 1 aliphatic heterocycles. The lowest BCUT2D eigenvalue weighted by Gasteiger charge is -2.31. The molecule has 0 saturated carbocycles. The molecule has 0 spiro atoms. The number of nitrogens with zero attached hydrogens (tertiary/aromatic N) is 3. The average Bonchev–Trinajstić information content (AvgIpc) is 3.17. The number of carbonyl (C=O) groups is 1. The van der Waals surface area contributed by atoms with E-state index < -0.39 is 11.0 Å². The molecule has 34 heavy (non-hydrogen) atoms. The number of nitro benzene ring substituents is 1. The van der Waals surface area contributed by atoms with E-state index in [1.54, 1.807) is 31.2 Å². The van der Waals surface area contributed by atoms with Crippen molar-refractivity contribution in [3.8, 4) is 0 Å². The monoisotopic (exact) mass is 493 g/mol. The molecule has 3 aromatic carbocycles. The van der Waals surface area contributed by atoms with Crippen LogP contribution in [0.4, 0.5) is 17.3 Å². The third-order valence-electron chi connectivity index (χ3n) is 5.66. The smallest absolute Gasteiger partial charge is 0.269 e. The number of aromatic nitrogens is 2. The Morgan fingerprint density at radius 3 is 2.59 bits per heavy atom. The van der Waals surface area contributed by atoms with E-state index in [-0.39, 0.29) is 11.6 Å². The first-order chi connectivity index (χ1) is 16.3. The summed E-state index contributed by atoms with van der Waals surface area (Å²) in [6.45, 7) is 1.76. The molecule has 1 unspecified atom stereocenters. The predicted molar refractivity (Wildman–Crippen MR) is 132 cm³/mol. The summed E-state index contributed by atoms with van der Waals surface area (Å²) in [6.07, 6.45) is 0. The maximum Gasteiger partial charge on any atom is 0.269 e. The third-order valence-corrected chi connectivity index (χ3v) is 6.26. The number of rotatable bonds is 4. The number of imidazole rings is 1. The number of halogens is 2. The van der Waals surface area contributed by atoms with Gasteiger partial charge in [0.1, 0.15) is 0 Å². The number of anilines is 2. The molecule has 0 saturated heterocycles. The highest BCUT2D eigenvalue weighted by Crippen LogP contribution is 2.42. The highest BCUT2D eigenvalue weighted by atomic mass is 35.5. The minimum Gasteiger partial charge on any atom is -0.329 e. The van der Waals surface area contributed by atoms with Gasteiger partial charge < -0.3 is 10.6 Å². The SMILES string of the molecule is CC1=C(C(=O)Nc2ccc(Cl)cc2)C(c2cc([N+](=O)[O-])ccc2Cl)n2c(nc3ccccc32)N1. The van der Waals surface area contributed by atoms with Crippen LogP contribution in [0.2, 0.25) is 10.0 Å². The van der Waals surface area contributed by atoms with Gasteiger partial charge in [0.25, 0.3) is 11.6 Å². The molecule has 0 fully saturated rings. The van der Waals surface area contributed by atoms with Gasteiger partial charge in [-0.2, -0.15) is 0 Å². The van der Waals surface area contributed by atoms with Gasteiger partial charge in [-0.25, -0.2) is 4.98 Å². The number of allylic oxidation sites excluding steroid dienone is 1. The fourth-order valence-corrected chi connectivity index (χ4v) is 4.49. The maximum absolute atomic E-state index is 13.6. The van der Waals surface area contributed by atoms with Crippen molar-refractivity contribution < 1.29 is 9.72 Å². The van der Waals surface area contributed by atoms with Gasteiger partial charge in [-0.1, -0.05) is 35.3 Å². The van der Waals surface area contributed by atoms with Crippen molar-refractivity contribution in [2.24, 2.45) is 0 Å². The maximum atomic E-state index is 13.6. The standard InChI is InChI=1S/C24H17Cl2N5O3/c1-13-21(23(32)28-15-8-6-14(25)7-9-15)22(17-12-16(31(33)34)10-11-18(17)26)30-20-5-3-2-4-19(20)29-24(30)27-13/h2-12,22H,1H3,(H,27,29)(H,28,32). The minimum absolute atomic E-state index is 0.126. The van der Waals surface area contributed by atoms with Crippen molar-refractivity contribution in [1.29, 1.82) is 0 Å². The topological polar surface area (TPSA) is 102 Å². The van der Waals surface area contributed by atoms with Crippen LogP contribution in [0.1, 0.15) is 18.5 Å². The Balaban J connectivity index is 1.71. The Morgan fingerprint density at radius 2 is 1.85 bits per heavy atom. The molecule has 1 aliphatic rings. The second-order valence-electron chi connectivity index (χ2n) is 7.78. The zero-order chi connectivity index (χ0) is 24.0. The average molecular weight is 494 g/mol. The summed E-state index contributed by atoms with van der Waals surface area (Å²) in [7, 11) is 0. The Morgan fingerprint density at radius 1 is 1.12 bits per heavy atom. The second kappa shape index (κ2) is 8.48. The summed E-state index contributed by atoms with van der Waals surface area (Å²) in [4.78, 5) is 29.3. The Kier molecular flexibility index (Phi) is 5.47. The molecule has 170 valence electrons. The van der Waals surface area contributed by atoms with E-state index in [2.05, 4.69) is 15.6 Å². The summed E-state index contributed by atoms with van der Waals surface area (Å²) < 4.78 is 1.84. The molecule has 2 N–H and O–H groups in total. The molecular weight excluding hydrogens is 477 g/mol. The molecule has 0 radical (unpaired) electrons. The largest absolute Gasteiger partial charge is 0.329 e. The first-order valence-electron chi connectivity index (χ1n) is 10.3. The van der Waals surface area contributed by atoms with Crippen molar-refractivity contribution in [3.05, 3.63) is 104 Å². The van der Waals surface area contributed by atoms with Crippen molar-refractivity contribution in [2.45, 2.75) is 13.0 Å². The van der Waals surface area contributed by atoms with Crippen LogP contribution in [0.5, 0.6) is 0 Å². The number of amides is 1. The van der Waals surface area contributed by atoms with Crippen LogP contribution < -0.4 is 10.6 Å². The summed E-state index contributed by atoms with van der Waals surface area (Å²) in [5.41, 5.74) is 3.22. The molecular formula is C24H17Cl2N5O3. The molecule has 8 nitrogen and oxygen atoms in total. The van der Waals surface area contributed by atoms with Crippen LogP contribution in [0.15, 0.2) is 78.0 Å². The quantitative estimate of drug-likeness (QED) is 0.261. The van der Waals surface area contributed by atoms with Crippen LogP contribution in [0, 0.1) is 10.1 Å². The zero-order valence-electron chi connectivity index (χ0n) is 17.8. The lowest BCUT2D eigenvalue weighted by atomic mass is 9.93. The van der Waals surface area contributed by atoms with E-state index in [4.69, 9.17) is 23.2 Å². The molecule has 1 amide bonds.